The molecule has 0 spiro atoms. The van der Waals surface area contributed by atoms with Crippen LogP contribution < -0.4 is 5.73 Å². The summed E-state index contributed by atoms with van der Waals surface area (Å²) >= 11 is 4.19. The second-order valence-corrected chi connectivity index (χ2v) is 6.64. The van der Waals surface area contributed by atoms with Crippen LogP contribution in [0.4, 0.5) is 5.82 Å². The van der Waals surface area contributed by atoms with Crippen LogP contribution >= 0.6 is 34.4 Å². The van der Waals surface area contributed by atoms with Gasteiger partial charge in [0.15, 0.2) is 0 Å². The van der Waals surface area contributed by atoms with Crippen molar-refractivity contribution < 1.29 is 0 Å². The third-order valence-electron chi connectivity index (χ3n) is 3.27. The van der Waals surface area contributed by atoms with Gasteiger partial charge in [-0.1, -0.05) is 18.2 Å². The van der Waals surface area contributed by atoms with E-state index >= 15 is 0 Å². The largest absolute Gasteiger partial charge is 0.383 e. The molecule has 1 aliphatic rings. The zero-order valence-electron chi connectivity index (χ0n) is 10.1. The van der Waals surface area contributed by atoms with Crippen molar-refractivity contribution in [2.24, 2.45) is 0 Å². The van der Waals surface area contributed by atoms with Crippen molar-refractivity contribution in [1.29, 1.82) is 0 Å². The van der Waals surface area contributed by atoms with Crippen LogP contribution in [0.15, 0.2) is 29.2 Å². The number of rotatable bonds is 1. The highest BCUT2D eigenvalue weighted by atomic mass is 127. The van der Waals surface area contributed by atoms with E-state index in [2.05, 4.69) is 52.0 Å². The molecule has 0 radical (unpaired) electrons. The highest BCUT2D eigenvalue weighted by Crippen LogP contribution is 2.39. The number of aryl methyl sites for hydroxylation is 1. The molecular weight excluding hydrogens is 357 g/mol. The van der Waals surface area contributed by atoms with E-state index in [0.717, 1.165) is 27.3 Å². The molecular formula is C13H14IN3S. The fraction of sp³-hybridized carbons (Fsp3) is 0.308. The number of nitrogen functional groups attached to an aromatic ring is 1. The average Bonchev–Trinajstić information content (AvgIpc) is 2.66. The third-order valence-corrected chi connectivity index (χ3v) is 5.73. The zero-order valence-corrected chi connectivity index (χ0v) is 13.0. The summed E-state index contributed by atoms with van der Waals surface area (Å²) in [5, 5.41) is 4.61. The molecule has 1 unspecified atom stereocenters. The Morgan fingerprint density at radius 1 is 1.44 bits per heavy atom. The molecule has 0 saturated carbocycles. The Hall–Kier alpha value is -0.690. The number of nitrogens with zero attached hydrogens (tertiary/aromatic N) is 2. The van der Waals surface area contributed by atoms with Gasteiger partial charge in [-0.2, -0.15) is 5.10 Å². The number of hydrogen-bond acceptors (Lipinski definition) is 3. The zero-order chi connectivity index (χ0) is 12.7. The molecule has 2 N–H and O–H groups in total. The molecule has 0 fully saturated rings. The molecule has 1 atom stereocenters. The van der Waals surface area contributed by atoms with E-state index in [1.807, 2.05) is 23.4 Å². The predicted molar refractivity (Wildman–Crippen MR) is 84.0 cm³/mol. The van der Waals surface area contributed by atoms with Crippen LogP contribution in [0.1, 0.15) is 23.7 Å². The number of thioether (sulfide) groups is 1. The van der Waals surface area contributed by atoms with E-state index in [0.29, 0.717) is 0 Å². The van der Waals surface area contributed by atoms with E-state index in [1.54, 1.807) is 0 Å². The van der Waals surface area contributed by atoms with Gasteiger partial charge in [0.2, 0.25) is 0 Å². The van der Waals surface area contributed by atoms with E-state index in [-0.39, 0.29) is 6.04 Å². The Morgan fingerprint density at radius 2 is 2.22 bits per heavy atom. The normalized spacial score (nSPS) is 18.7. The first-order chi connectivity index (χ1) is 8.68. The molecule has 0 amide bonds. The summed E-state index contributed by atoms with van der Waals surface area (Å²) in [4.78, 5) is 1.36. The van der Waals surface area contributed by atoms with Crippen LogP contribution in [-0.2, 0) is 0 Å². The van der Waals surface area contributed by atoms with Gasteiger partial charge in [0.05, 0.1) is 15.3 Å². The lowest BCUT2D eigenvalue weighted by Crippen LogP contribution is -2.19. The average molecular weight is 371 g/mol. The van der Waals surface area contributed by atoms with E-state index < -0.39 is 0 Å². The third kappa shape index (κ3) is 1.93. The lowest BCUT2D eigenvalue weighted by molar-refractivity contribution is 0.504. The molecule has 18 heavy (non-hydrogen) atoms. The molecule has 0 bridgehead atoms. The summed E-state index contributed by atoms with van der Waals surface area (Å²) in [6.45, 7) is 2.01. The van der Waals surface area contributed by atoms with Crippen LogP contribution in [0, 0.1) is 10.5 Å². The summed E-state index contributed by atoms with van der Waals surface area (Å²) < 4.78 is 3.07. The number of hydrogen-bond donors (Lipinski definition) is 1. The van der Waals surface area contributed by atoms with Crippen LogP contribution in [0.25, 0.3) is 0 Å². The summed E-state index contributed by atoms with van der Waals surface area (Å²) in [6, 6.07) is 8.84. The van der Waals surface area contributed by atoms with Crippen LogP contribution in [0.2, 0.25) is 0 Å². The lowest BCUT2D eigenvalue weighted by atomic mass is 10.0. The van der Waals surface area contributed by atoms with Gasteiger partial charge in [0, 0.05) is 10.6 Å². The van der Waals surface area contributed by atoms with Crippen LogP contribution in [-0.4, -0.2) is 15.5 Å². The first-order valence-corrected chi connectivity index (χ1v) is 7.96. The molecule has 2 heterocycles. The van der Waals surface area contributed by atoms with Gasteiger partial charge in [-0.25, -0.2) is 4.68 Å². The minimum atomic E-state index is 0.282. The summed E-state index contributed by atoms with van der Waals surface area (Å²) in [6.07, 6.45) is 1.09. The molecule has 2 aromatic rings. The molecule has 1 aromatic carbocycles. The van der Waals surface area contributed by atoms with Crippen molar-refractivity contribution in [1.82, 2.24) is 9.78 Å². The maximum Gasteiger partial charge on any atom is 0.136 e. The number of fused-ring (bicyclic) bond motifs is 1. The molecule has 5 heteroatoms. The fourth-order valence-corrected chi connectivity index (χ4v) is 3.82. The lowest BCUT2D eigenvalue weighted by Gasteiger charge is -2.26. The molecule has 1 aromatic heterocycles. The summed E-state index contributed by atoms with van der Waals surface area (Å²) in [5.74, 6) is 1.91. The first-order valence-electron chi connectivity index (χ1n) is 5.90. The Kier molecular flexibility index (Phi) is 3.27. The minimum Gasteiger partial charge on any atom is -0.383 e. The summed E-state index contributed by atoms with van der Waals surface area (Å²) in [5.41, 5.74) is 8.54. The van der Waals surface area contributed by atoms with Crippen molar-refractivity contribution >= 4 is 40.2 Å². The number of halogens is 1. The smallest absolute Gasteiger partial charge is 0.136 e. The summed E-state index contributed by atoms with van der Waals surface area (Å²) in [7, 11) is 0. The second kappa shape index (κ2) is 4.77. The number of nitrogens with two attached hydrogens (primary N) is 1. The second-order valence-electron chi connectivity index (χ2n) is 4.42. The maximum atomic E-state index is 6.18. The number of benzene rings is 1. The standard InChI is InChI=1S/C13H14IN3S/c1-8-12(14)13(15)17(16-8)10-6-7-18-11-5-3-2-4-9(10)11/h2-5,10H,6-7,15H2,1H3. The van der Waals surface area contributed by atoms with Gasteiger partial charge >= 0.3 is 0 Å². The van der Waals surface area contributed by atoms with Gasteiger partial charge in [0.1, 0.15) is 5.82 Å². The fourth-order valence-electron chi connectivity index (χ4n) is 2.36. The van der Waals surface area contributed by atoms with Crippen molar-refractivity contribution in [2.45, 2.75) is 24.3 Å². The van der Waals surface area contributed by atoms with E-state index in [9.17, 15) is 0 Å². The van der Waals surface area contributed by atoms with Gasteiger partial charge in [-0.05, 0) is 47.6 Å². The highest BCUT2D eigenvalue weighted by molar-refractivity contribution is 14.1. The minimum absolute atomic E-state index is 0.282. The topological polar surface area (TPSA) is 43.8 Å². The molecule has 0 saturated heterocycles. The van der Waals surface area contributed by atoms with Crippen molar-refractivity contribution in [2.75, 3.05) is 11.5 Å². The SMILES string of the molecule is Cc1nn(C2CCSc3ccccc32)c(N)c1I. The van der Waals surface area contributed by atoms with Crippen molar-refractivity contribution in [3.63, 3.8) is 0 Å². The highest BCUT2D eigenvalue weighted by Gasteiger charge is 2.25. The maximum absolute atomic E-state index is 6.18. The number of aromatic nitrogens is 2. The Bertz CT molecular complexity index is 594. The van der Waals surface area contributed by atoms with Gasteiger partial charge in [-0.3, -0.25) is 0 Å². The Labute approximate surface area is 124 Å². The molecule has 0 aliphatic carbocycles. The van der Waals surface area contributed by atoms with Gasteiger partial charge < -0.3 is 5.73 Å². The van der Waals surface area contributed by atoms with E-state index in [1.165, 1.54) is 10.5 Å². The molecule has 94 valence electrons. The molecule has 3 rings (SSSR count). The van der Waals surface area contributed by atoms with Gasteiger partial charge in [-0.15, -0.1) is 11.8 Å². The quantitative estimate of drug-likeness (QED) is 0.781. The molecule has 1 aliphatic heterocycles. The Balaban J connectivity index is 2.11. The monoisotopic (exact) mass is 371 g/mol. The Morgan fingerprint density at radius 3 is 2.94 bits per heavy atom. The number of anilines is 1. The first kappa shape index (κ1) is 12.3. The molecule has 3 nitrogen and oxygen atoms in total. The van der Waals surface area contributed by atoms with Crippen LogP contribution in [0.3, 0.4) is 0 Å². The predicted octanol–water partition coefficient (Wildman–Crippen LogP) is 3.46. The van der Waals surface area contributed by atoms with E-state index in [4.69, 9.17) is 5.73 Å². The van der Waals surface area contributed by atoms with Crippen molar-refractivity contribution in [3.05, 3.63) is 39.1 Å². The van der Waals surface area contributed by atoms with Gasteiger partial charge in [0.25, 0.3) is 0 Å². The van der Waals surface area contributed by atoms with Crippen LogP contribution in [0.5, 0.6) is 0 Å². The van der Waals surface area contributed by atoms with Crippen molar-refractivity contribution in [3.8, 4) is 0 Å².